The zero-order valence-electron chi connectivity index (χ0n) is 7.57. The van der Waals surface area contributed by atoms with E-state index >= 15 is 0 Å². The fourth-order valence-corrected chi connectivity index (χ4v) is 1.35. The van der Waals surface area contributed by atoms with Crippen LogP contribution in [0.3, 0.4) is 0 Å². The normalized spacial score (nSPS) is 14.9. The second-order valence-corrected chi connectivity index (χ2v) is 4.97. The first-order valence-corrected chi connectivity index (χ1v) is 5.64. The Labute approximate surface area is 73.4 Å². The molecule has 0 amide bonds. The van der Waals surface area contributed by atoms with Gasteiger partial charge < -0.3 is 4.79 Å². The first kappa shape index (κ1) is 11.4. The third kappa shape index (κ3) is 7.47. The van der Waals surface area contributed by atoms with Gasteiger partial charge in [-0.2, -0.15) is 0 Å². The van der Waals surface area contributed by atoms with Crippen molar-refractivity contribution >= 4 is 15.6 Å². The molecule has 0 aliphatic heterocycles. The molecular formula is C8H14O3S. The van der Waals surface area contributed by atoms with E-state index in [-0.39, 0.29) is 11.7 Å². The number of hydrogen-bond acceptors (Lipinski definition) is 3. The summed E-state index contributed by atoms with van der Waals surface area (Å²) in [5, 5.41) is 1.14. The molecule has 0 saturated carbocycles. The summed E-state index contributed by atoms with van der Waals surface area (Å²) >= 11 is 0. The van der Waals surface area contributed by atoms with Gasteiger partial charge in [-0.3, -0.25) is 0 Å². The maximum Gasteiger partial charge on any atom is 0.168 e. The number of hydrogen-bond donors (Lipinski definition) is 0. The van der Waals surface area contributed by atoms with Crippen LogP contribution in [-0.4, -0.2) is 20.5 Å². The predicted octanol–water partition coefficient (Wildman–Crippen LogP) is 1.16. The van der Waals surface area contributed by atoms with Gasteiger partial charge in [0.15, 0.2) is 9.84 Å². The van der Waals surface area contributed by atoms with E-state index in [1.165, 1.54) is 13.0 Å². The van der Waals surface area contributed by atoms with Gasteiger partial charge in [0, 0.05) is 18.1 Å². The number of carbonyl (C=O) groups excluding carboxylic acids is 1. The minimum atomic E-state index is -3.05. The van der Waals surface area contributed by atoms with Gasteiger partial charge in [-0.25, -0.2) is 8.42 Å². The summed E-state index contributed by atoms with van der Waals surface area (Å²) in [6.07, 6.45) is 3.06. The highest BCUT2D eigenvalue weighted by Gasteiger charge is 2.02. The Kier molecular flexibility index (Phi) is 4.17. The molecule has 0 aliphatic rings. The number of allylic oxidation sites excluding steroid dienone is 1. The van der Waals surface area contributed by atoms with Gasteiger partial charge in [-0.05, 0) is 12.8 Å². The van der Waals surface area contributed by atoms with Crippen molar-refractivity contribution in [1.82, 2.24) is 0 Å². The average Bonchev–Trinajstić information content (AvgIpc) is 1.80. The molecule has 0 heterocycles. The lowest BCUT2D eigenvalue weighted by Crippen LogP contribution is -1.99. The van der Waals surface area contributed by atoms with E-state index in [0.29, 0.717) is 6.42 Å². The molecular weight excluding hydrogens is 176 g/mol. The van der Waals surface area contributed by atoms with E-state index in [2.05, 4.69) is 0 Å². The third-order valence-corrected chi connectivity index (χ3v) is 1.92. The quantitative estimate of drug-likeness (QED) is 0.668. The Morgan fingerprint density at radius 1 is 1.50 bits per heavy atom. The van der Waals surface area contributed by atoms with Gasteiger partial charge in [-0.1, -0.05) is 13.0 Å². The molecule has 0 rings (SSSR count). The minimum Gasteiger partial charge on any atom is -0.300 e. The van der Waals surface area contributed by atoms with Crippen LogP contribution in [0.25, 0.3) is 0 Å². The van der Waals surface area contributed by atoms with Gasteiger partial charge in [0.1, 0.15) is 5.78 Å². The molecule has 0 fully saturated rings. The molecule has 3 nitrogen and oxygen atoms in total. The molecule has 1 atom stereocenters. The van der Waals surface area contributed by atoms with Crippen molar-refractivity contribution in [1.29, 1.82) is 0 Å². The van der Waals surface area contributed by atoms with Crippen LogP contribution in [0.1, 0.15) is 20.3 Å². The molecule has 0 aromatic rings. The van der Waals surface area contributed by atoms with Crippen LogP contribution >= 0.6 is 0 Å². The summed E-state index contributed by atoms with van der Waals surface area (Å²) in [5.74, 6) is 0.0675. The van der Waals surface area contributed by atoms with Crippen molar-refractivity contribution < 1.29 is 13.2 Å². The summed E-state index contributed by atoms with van der Waals surface area (Å²) in [6.45, 7) is 3.30. The largest absolute Gasteiger partial charge is 0.300 e. The third-order valence-electron chi connectivity index (χ3n) is 1.26. The minimum absolute atomic E-state index is 0.00257. The van der Waals surface area contributed by atoms with Crippen LogP contribution in [0, 0.1) is 5.92 Å². The van der Waals surface area contributed by atoms with Gasteiger partial charge in [0.05, 0.1) is 0 Å². The van der Waals surface area contributed by atoms with Crippen molar-refractivity contribution in [3.8, 4) is 0 Å². The van der Waals surface area contributed by atoms with Gasteiger partial charge in [-0.15, -0.1) is 0 Å². The maximum absolute atomic E-state index is 10.6. The van der Waals surface area contributed by atoms with Gasteiger partial charge in [0.2, 0.25) is 0 Å². The summed E-state index contributed by atoms with van der Waals surface area (Å²) in [4.78, 5) is 10.6. The molecule has 0 N–H and O–H groups in total. The van der Waals surface area contributed by atoms with E-state index in [1.54, 1.807) is 0 Å². The smallest absolute Gasteiger partial charge is 0.168 e. The van der Waals surface area contributed by atoms with E-state index in [1.807, 2.05) is 6.92 Å². The van der Waals surface area contributed by atoms with Crippen LogP contribution < -0.4 is 0 Å². The highest BCUT2D eigenvalue weighted by atomic mass is 32.2. The average molecular weight is 190 g/mol. The summed E-state index contributed by atoms with van der Waals surface area (Å²) < 4.78 is 21.3. The molecule has 12 heavy (non-hydrogen) atoms. The molecule has 0 aromatic heterocycles. The lowest BCUT2D eigenvalue weighted by Gasteiger charge is -2.00. The van der Waals surface area contributed by atoms with Crippen LogP contribution in [0.5, 0.6) is 0 Å². The lowest BCUT2D eigenvalue weighted by molar-refractivity contribution is -0.117. The van der Waals surface area contributed by atoms with Crippen LogP contribution in [0.15, 0.2) is 11.5 Å². The number of sulfone groups is 1. The van der Waals surface area contributed by atoms with Crippen molar-refractivity contribution in [2.45, 2.75) is 20.3 Å². The fourth-order valence-electron chi connectivity index (χ4n) is 0.798. The number of carbonyl (C=O) groups is 1. The highest BCUT2D eigenvalue weighted by molar-refractivity contribution is 7.93. The fraction of sp³-hybridized carbons (Fsp3) is 0.625. The summed E-state index contributed by atoms with van der Waals surface area (Å²) in [7, 11) is -3.05. The van der Waals surface area contributed by atoms with Crippen LogP contribution in [-0.2, 0) is 14.6 Å². The standard InChI is InChI=1S/C8H14O3S/c1-7(6-8(2)9)4-5-12(3,10)11/h4-5,7H,6H2,1-3H3. The van der Waals surface area contributed by atoms with Gasteiger partial charge in [0.25, 0.3) is 0 Å². The first-order valence-electron chi connectivity index (χ1n) is 3.69. The second-order valence-electron chi connectivity index (χ2n) is 3.04. The molecule has 70 valence electrons. The molecule has 0 spiro atoms. The van der Waals surface area contributed by atoms with Crippen molar-refractivity contribution in [2.24, 2.45) is 5.92 Å². The molecule has 1 unspecified atom stereocenters. The van der Waals surface area contributed by atoms with Crippen LogP contribution in [0.4, 0.5) is 0 Å². The second kappa shape index (κ2) is 4.40. The Hall–Kier alpha value is -0.640. The van der Waals surface area contributed by atoms with E-state index in [9.17, 15) is 13.2 Å². The zero-order chi connectivity index (χ0) is 9.78. The van der Waals surface area contributed by atoms with E-state index in [4.69, 9.17) is 0 Å². The Balaban J connectivity index is 4.10. The van der Waals surface area contributed by atoms with Crippen molar-refractivity contribution in [2.75, 3.05) is 6.26 Å². The molecule has 0 aromatic carbocycles. The highest BCUT2D eigenvalue weighted by Crippen LogP contribution is 2.04. The number of Topliss-reactive ketones (excluding diaryl/α,β-unsaturated/α-hetero) is 1. The molecule has 0 aliphatic carbocycles. The van der Waals surface area contributed by atoms with E-state index < -0.39 is 9.84 Å². The molecule has 4 heteroatoms. The van der Waals surface area contributed by atoms with Crippen molar-refractivity contribution in [3.05, 3.63) is 11.5 Å². The Morgan fingerprint density at radius 2 is 2.00 bits per heavy atom. The van der Waals surface area contributed by atoms with Gasteiger partial charge >= 0.3 is 0 Å². The first-order chi connectivity index (χ1) is 5.31. The Morgan fingerprint density at radius 3 is 2.33 bits per heavy atom. The van der Waals surface area contributed by atoms with E-state index in [0.717, 1.165) is 11.7 Å². The maximum atomic E-state index is 10.6. The summed E-state index contributed by atoms with van der Waals surface area (Å²) in [5.41, 5.74) is 0. The lowest BCUT2D eigenvalue weighted by atomic mass is 10.1. The molecule has 0 bridgehead atoms. The van der Waals surface area contributed by atoms with Crippen LogP contribution in [0.2, 0.25) is 0 Å². The molecule has 0 saturated heterocycles. The number of rotatable bonds is 4. The number of ketones is 1. The monoisotopic (exact) mass is 190 g/mol. The zero-order valence-corrected chi connectivity index (χ0v) is 8.39. The Bertz CT molecular complexity index is 275. The van der Waals surface area contributed by atoms with Crippen molar-refractivity contribution in [3.63, 3.8) is 0 Å². The molecule has 0 radical (unpaired) electrons. The predicted molar refractivity (Wildman–Crippen MR) is 48.4 cm³/mol. The SMILES string of the molecule is CC(=O)CC(C)C=CS(C)(=O)=O. The summed E-state index contributed by atoms with van der Waals surface area (Å²) in [6, 6.07) is 0. The topological polar surface area (TPSA) is 51.2 Å².